The minimum atomic E-state index is -0.127. The maximum absolute atomic E-state index is 11.7. The summed E-state index contributed by atoms with van der Waals surface area (Å²) in [7, 11) is 0. The van der Waals surface area contributed by atoms with E-state index in [1.54, 1.807) is 6.07 Å². The summed E-state index contributed by atoms with van der Waals surface area (Å²) in [5, 5.41) is 2.83. The van der Waals surface area contributed by atoms with Crippen molar-refractivity contribution in [1.29, 1.82) is 0 Å². The van der Waals surface area contributed by atoms with Crippen LogP contribution in [0.15, 0.2) is 53.6 Å². The van der Waals surface area contributed by atoms with Crippen LogP contribution < -0.4 is 5.32 Å². The molecule has 3 aromatic heterocycles. The number of hydrogen-bond acceptors (Lipinski definition) is 3. The molecule has 96 valence electrons. The van der Waals surface area contributed by atoms with E-state index in [0.29, 0.717) is 18.5 Å². The number of imidazole rings is 1. The van der Waals surface area contributed by atoms with E-state index >= 15 is 0 Å². The quantitative estimate of drug-likeness (QED) is 0.774. The van der Waals surface area contributed by atoms with Gasteiger partial charge in [-0.2, -0.15) is 0 Å². The SMILES string of the molecule is O=C(NCCc1cn2ccccc2n1)c1ccoc1. The van der Waals surface area contributed by atoms with Crippen molar-refractivity contribution >= 4 is 11.6 Å². The van der Waals surface area contributed by atoms with Crippen LogP contribution in [0, 0.1) is 0 Å². The third kappa shape index (κ3) is 2.49. The largest absolute Gasteiger partial charge is 0.472 e. The number of amides is 1. The number of hydrogen-bond donors (Lipinski definition) is 1. The topological polar surface area (TPSA) is 59.5 Å². The second-order valence-electron chi connectivity index (χ2n) is 4.22. The summed E-state index contributed by atoms with van der Waals surface area (Å²) in [4.78, 5) is 16.1. The van der Waals surface area contributed by atoms with Gasteiger partial charge < -0.3 is 14.1 Å². The number of furan rings is 1. The molecule has 3 aromatic rings. The monoisotopic (exact) mass is 255 g/mol. The number of carbonyl (C=O) groups excluding carboxylic acids is 1. The first-order valence-electron chi connectivity index (χ1n) is 6.06. The smallest absolute Gasteiger partial charge is 0.254 e. The normalized spacial score (nSPS) is 10.7. The highest BCUT2D eigenvalue weighted by atomic mass is 16.3. The third-order valence-corrected chi connectivity index (χ3v) is 2.86. The van der Waals surface area contributed by atoms with Crippen molar-refractivity contribution in [1.82, 2.24) is 14.7 Å². The zero-order valence-electron chi connectivity index (χ0n) is 10.2. The molecule has 0 bridgehead atoms. The van der Waals surface area contributed by atoms with Crippen LogP contribution in [0.2, 0.25) is 0 Å². The molecule has 0 unspecified atom stereocenters. The molecular weight excluding hydrogens is 242 g/mol. The van der Waals surface area contributed by atoms with Gasteiger partial charge in [0, 0.05) is 25.4 Å². The van der Waals surface area contributed by atoms with E-state index in [4.69, 9.17) is 4.42 Å². The second-order valence-corrected chi connectivity index (χ2v) is 4.22. The van der Waals surface area contributed by atoms with Gasteiger partial charge in [0.2, 0.25) is 0 Å². The molecule has 3 rings (SSSR count). The Morgan fingerprint density at radius 2 is 2.32 bits per heavy atom. The molecule has 0 aliphatic heterocycles. The lowest BCUT2D eigenvalue weighted by Gasteiger charge is -2.00. The number of aromatic nitrogens is 2. The Balaban J connectivity index is 1.59. The van der Waals surface area contributed by atoms with Gasteiger partial charge in [0.25, 0.3) is 5.91 Å². The van der Waals surface area contributed by atoms with Crippen molar-refractivity contribution in [2.45, 2.75) is 6.42 Å². The van der Waals surface area contributed by atoms with Gasteiger partial charge in [-0.1, -0.05) is 6.07 Å². The van der Waals surface area contributed by atoms with E-state index in [1.165, 1.54) is 12.5 Å². The Bertz CT molecular complexity index is 653. The molecule has 0 radical (unpaired) electrons. The van der Waals surface area contributed by atoms with Gasteiger partial charge in [0.15, 0.2) is 0 Å². The highest BCUT2D eigenvalue weighted by Crippen LogP contribution is 2.05. The first kappa shape index (κ1) is 11.5. The average Bonchev–Trinajstić information content (AvgIpc) is 3.07. The van der Waals surface area contributed by atoms with Crippen molar-refractivity contribution in [2.24, 2.45) is 0 Å². The van der Waals surface area contributed by atoms with Gasteiger partial charge in [-0.3, -0.25) is 4.79 Å². The first-order valence-corrected chi connectivity index (χ1v) is 6.06. The maximum Gasteiger partial charge on any atom is 0.254 e. The molecule has 0 fully saturated rings. The molecule has 5 heteroatoms. The molecule has 0 saturated heterocycles. The number of pyridine rings is 1. The lowest BCUT2D eigenvalue weighted by atomic mass is 10.3. The van der Waals surface area contributed by atoms with Crippen LogP contribution in [0.1, 0.15) is 16.1 Å². The van der Waals surface area contributed by atoms with Crippen molar-refractivity contribution in [3.63, 3.8) is 0 Å². The molecule has 5 nitrogen and oxygen atoms in total. The molecule has 0 aliphatic carbocycles. The molecule has 0 spiro atoms. The Morgan fingerprint density at radius 1 is 1.37 bits per heavy atom. The van der Waals surface area contributed by atoms with E-state index in [0.717, 1.165) is 11.3 Å². The zero-order chi connectivity index (χ0) is 13.1. The highest BCUT2D eigenvalue weighted by Gasteiger charge is 2.06. The molecule has 0 saturated carbocycles. The zero-order valence-corrected chi connectivity index (χ0v) is 10.2. The van der Waals surface area contributed by atoms with Crippen molar-refractivity contribution in [2.75, 3.05) is 6.54 Å². The van der Waals surface area contributed by atoms with Crippen molar-refractivity contribution < 1.29 is 9.21 Å². The van der Waals surface area contributed by atoms with Crippen molar-refractivity contribution in [3.05, 3.63) is 60.4 Å². The molecule has 1 N–H and O–H groups in total. The standard InChI is InChI=1S/C14H13N3O2/c18-14(11-5-8-19-10-11)15-6-4-12-9-17-7-2-1-3-13(17)16-12/h1-3,5,7-10H,4,6H2,(H,15,18). The van der Waals surface area contributed by atoms with Gasteiger partial charge >= 0.3 is 0 Å². The van der Waals surface area contributed by atoms with Gasteiger partial charge in [-0.05, 0) is 18.2 Å². The molecule has 0 atom stereocenters. The Labute approximate surface area is 109 Å². The van der Waals surface area contributed by atoms with Crippen molar-refractivity contribution in [3.8, 4) is 0 Å². The van der Waals surface area contributed by atoms with Crippen LogP contribution in [-0.2, 0) is 6.42 Å². The molecule has 0 aromatic carbocycles. The number of nitrogens with zero attached hydrogens (tertiary/aromatic N) is 2. The van der Waals surface area contributed by atoms with Gasteiger partial charge in [-0.25, -0.2) is 4.98 Å². The molecule has 3 heterocycles. The van der Waals surface area contributed by atoms with Gasteiger partial charge in [0.1, 0.15) is 11.9 Å². The van der Waals surface area contributed by atoms with E-state index < -0.39 is 0 Å². The Kier molecular flexibility index (Phi) is 3.02. The van der Waals surface area contributed by atoms with Crippen LogP contribution in [0.5, 0.6) is 0 Å². The number of carbonyl (C=O) groups is 1. The fraction of sp³-hybridized carbons (Fsp3) is 0.143. The first-order chi connectivity index (χ1) is 9.33. The van der Waals surface area contributed by atoms with E-state index in [-0.39, 0.29) is 5.91 Å². The van der Waals surface area contributed by atoms with Crippen LogP contribution in [-0.4, -0.2) is 21.8 Å². The third-order valence-electron chi connectivity index (χ3n) is 2.86. The average molecular weight is 255 g/mol. The summed E-state index contributed by atoms with van der Waals surface area (Å²) >= 11 is 0. The number of rotatable bonds is 4. The number of nitrogens with one attached hydrogen (secondary N) is 1. The van der Waals surface area contributed by atoms with E-state index in [2.05, 4.69) is 10.3 Å². The summed E-state index contributed by atoms with van der Waals surface area (Å²) in [6.45, 7) is 0.549. The summed E-state index contributed by atoms with van der Waals surface area (Å²) in [5.41, 5.74) is 2.41. The number of fused-ring (bicyclic) bond motifs is 1. The lowest BCUT2D eigenvalue weighted by molar-refractivity contribution is 0.0953. The van der Waals surface area contributed by atoms with Crippen LogP contribution in [0.3, 0.4) is 0 Å². The van der Waals surface area contributed by atoms with Gasteiger partial charge in [-0.15, -0.1) is 0 Å². The molecule has 19 heavy (non-hydrogen) atoms. The molecule has 1 amide bonds. The second kappa shape index (κ2) is 4.97. The van der Waals surface area contributed by atoms with Crippen LogP contribution >= 0.6 is 0 Å². The van der Waals surface area contributed by atoms with Crippen LogP contribution in [0.25, 0.3) is 5.65 Å². The molecular formula is C14H13N3O2. The highest BCUT2D eigenvalue weighted by molar-refractivity contribution is 5.93. The molecule has 0 aliphatic rings. The predicted octanol–water partition coefficient (Wildman–Crippen LogP) is 1.90. The Hall–Kier alpha value is -2.56. The summed E-state index contributed by atoms with van der Waals surface area (Å²) in [6, 6.07) is 7.50. The van der Waals surface area contributed by atoms with Crippen LogP contribution in [0.4, 0.5) is 0 Å². The fourth-order valence-corrected chi connectivity index (χ4v) is 1.91. The van der Waals surface area contributed by atoms with Gasteiger partial charge in [0.05, 0.1) is 17.5 Å². The minimum absolute atomic E-state index is 0.127. The lowest BCUT2D eigenvalue weighted by Crippen LogP contribution is -2.25. The Morgan fingerprint density at radius 3 is 3.11 bits per heavy atom. The summed E-state index contributed by atoms with van der Waals surface area (Å²) in [6.07, 6.45) is 7.54. The van der Waals surface area contributed by atoms with E-state index in [1.807, 2.05) is 35.0 Å². The fourth-order valence-electron chi connectivity index (χ4n) is 1.91. The predicted molar refractivity (Wildman–Crippen MR) is 69.9 cm³/mol. The summed E-state index contributed by atoms with van der Waals surface area (Å²) in [5.74, 6) is -0.127. The summed E-state index contributed by atoms with van der Waals surface area (Å²) < 4.78 is 6.83. The van der Waals surface area contributed by atoms with E-state index in [9.17, 15) is 4.79 Å². The minimum Gasteiger partial charge on any atom is -0.472 e. The maximum atomic E-state index is 11.7.